The minimum absolute atomic E-state index is 0.108. The number of ether oxygens (including phenoxy) is 4. The number of aliphatic hydroxyl groups excluding tert-OH is 1. The average molecular weight is 1470 g/mol. The molecule has 0 rings (SSSR count). The molecule has 2 unspecified atom stereocenters. The first kappa shape index (κ1) is 98.1. The second kappa shape index (κ2) is 72.6. The summed E-state index contributed by atoms with van der Waals surface area (Å²) in [5.74, 6) is -0.571. The number of aliphatic hydroxyl groups is 1. The van der Waals surface area contributed by atoms with Crippen molar-refractivity contribution in [3.63, 3.8) is 0 Å². The van der Waals surface area contributed by atoms with E-state index in [2.05, 4.69) is 41.5 Å². The van der Waals surface area contributed by atoms with E-state index in [1.165, 1.54) is 244 Å². The van der Waals surface area contributed by atoms with Crippen molar-refractivity contribution < 1.29 is 80.2 Å². The van der Waals surface area contributed by atoms with Gasteiger partial charge in [0.15, 0.2) is 12.2 Å². The van der Waals surface area contributed by atoms with Crippen LogP contribution < -0.4 is 0 Å². The van der Waals surface area contributed by atoms with Crippen LogP contribution >= 0.6 is 15.6 Å². The van der Waals surface area contributed by atoms with Crippen molar-refractivity contribution in [1.82, 2.24) is 0 Å². The monoisotopic (exact) mass is 1470 g/mol. The van der Waals surface area contributed by atoms with Crippen molar-refractivity contribution in [1.29, 1.82) is 0 Å². The molecule has 0 saturated heterocycles. The summed E-state index contributed by atoms with van der Waals surface area (Å²) < 4.78 is 68.8. The molecule has 0 radical (unpaired) electrons. The van der Waals surface area contributed by atoms with E-state index in [-0.39, 0.29) is 25.7 Å². The van der Waals surface area contributed by atoms with Crippen LogP contribution in [0.25, 0.3) is 0 Å². The van der Waals surface area contributed by atoms with Crippen LogP contribution in [0.4, 0.5) is 0 Å². The summed E-state index contributed by atoms with van der Waals surface area (Å²) in [6.07, 6.45) is 62.3. The van der Waals surface area contributed by atoms with Crippen molar-refractivity contribution in [2.45, 2.75) is 445 Å². The average Bonchev–Trinajstić information content (AvgIpc) is 0.927. The molecule has 0 aromatic heterocycles. The first-order valence-corrected chi connectivity index (χ1v) is 45.0. The molecule has 3 N–H and O–H groups in total. The number of esters is 4. The Hall–Kier alpha value is -1.94. The first-order valence-electron chi connectivity index (χ1n) is 42.0. The molecule has 0 spiro atoms. The summed E-state index contributed by atoms with van der Waals surface area (Å²) in [5, 5.41) is 10.6. The van der Waals surface area contributed by atoms with Crippen LogP contribution in [-0.2, 0) is 65.4 Å². The normalized spacial score (nSPS) is 13.9. The zero-order chi connectivity index (χ0) is 73.5. The SMILES string of the molecule is CCCCCCCCCCCCCCCCCCCC(=O)O[C@H](COC(=O)CCCCCCCCCCCCCCCC(C)C)COP(=O)(O)OC[C@@H](O)COP(=O)(O)OC[C@@H](COC(=O)CCCCCCCCCCCC(C)C)OC(=O)CCCCCCCCCCCCCCCCC. The second-order valence-corrected chi connectivity index (χ2v) is 33.0. The van der Waals surface area contributed by atoms with E-state index >= 15 is 0 Å². The Bertz CT molecular complexity index is 1920. The quantitative estimate of drug-likeness (QED) is 0.0222. The van der Waals surface area contributed by atoms with Gasteiger partial charge < -0.3 is 33.8 Å². The summed E-state index contributed by atoms with van der Waals surface area (Å²) in [6, 6.07) is 0. The van der Waals surface area contributed by atoms with Gasteiger partial charge in [0, 0.05) is 25.7 Å². The highest BCUT2D eigenvalue weighted by molar-refractivity contribution is 7.47. The van der Waals surface area contributed by atoms with Crippen LogP contribution in [0.2, 0.25) is 0 Å². The zero-order valence-corrected chi connectivity index (χ0v) is 67.3. The molecule has 0 aliphatic rings. The number of unbranched alkanes of at least 4 members (excludes halogenated alkanes) is 50. The number of hydrogen-bond acceptors (Lipinski definition) is 15. The van der Waals surface area contributed by atoms with Crippen LogP contribution in [0.5, 0.6) is 0 Å². The fraction of sp³-hybridized carbons (Fsp3) is 0.951. The van der Waals surface area contributed by atoms with Crippen molar-refractivity contribution in [3.05, 3.63) is 0 Å². The highest BCUT2D eigenvalue weighted by Gasteiger charge is 2.30. The molecule has 0 saturated carbocycles. The summed E-state index contributed by atoms with van der Waals surface area (Å²) in [4.78, 5) is 73.1. The predicted molar refractivity (Wildman–Crippen MR) is 409 cm³/mol. The van der Waals surface area contributed by atoms with Gasteiger partial charge in [0.25, 0.3) is 0 Å². The van der Waals surface area contributed by atoms with Crippen LogP contribution in [-0.4, -0.2) is 96.7 Å². The smallest absolute Gasteiger partial charge is 0.462 e. The Labute approximate surface area is 613 Å². The van der Waals surface area contributed by atoms with Gasteiger partial charge >= 0.3 is 39.5 Å². The van der Waals surface area contributed by atoms with Crippen LogP contribution in [0.3, 0.4) is 0 Å². The number of rotatable bonds is 80. The van der Waals surface area contributed by atoms with Gasteiger partial charge in [-0.25, -0.2) is 9.13 Å². The van der Waals surface area contributed by atoms with Gasteiger partial charge in [0.05, 0.1) is 26.4 Å². The Morgan fingerprint density at radius 3 is 0.680 bits per heavy atom. The third-order valence-electron chi connectivity index (χ3n) is 19.0. The van der Waals surface area contributed by atoms with E-state index in [1.807, 2.05) is 0 Å². The molecular weight excluding hydrogens is 1310 g/mol. The molecule has 100 heavy (non-hydrogen) atoms. The van der Waals surface area contributed by atoms with Gasteiger partial charge in [-0.15, -0.1) is 0 Å². The lowest BCUT2D eigenvalue weighted by Crippen LogP contribution is -2.30. The highest BCUT2D eigenvalue weighted by Crippen LogP contribution is 2.45. The van der Waals surface area contributed by atoms with Gasteiger partial charge in [-0.2, -0.15) is 0 Å². The Morgan fingerprint density at radius 1 is 0.270 bits per heavy atom. The van der Waals surface area contributed by atoms with E-state index in [0.717, 1.165) is 102 Å². The van der Waals surface area contributed by atoms with Crippen molar-refractivity contribution in [3.8, 4) is 0 Å². The zero-order valence-electron chi connectivity index (χ0n) is 65.5. The van der Waals surface area contributed by atoms with Crippen molar-refractivity contribution >= 4 is 39.5 Å². The molecule has 17 nitrogen and oxygen atoms in total. The van der Waals surface area contributed by atoms with Gasteiger partial charge in [0.1, 0.15) is 19.3 Å². The predicted octanol–water partition coefficient (Wildman–Crippen LogP) is 24.3. The lowest BCUT2D eigenvalue weighted by atomic mass is 10.0. The van der Waals surface area contributed by atoms with E-state index < -0.39 is 97.5 Å². The summed E-state index contributed by atoms with van der Waals surface area (Å²) in [7, 11) is -9.92. The van der Waals surface area contributed by atoms with Gasteiger partial charge in [-0.05, 0) is 37.5 Å². The fourth-order valence-corrected chi connectivity index (χ4v) is 14.1. The maximum atomic E-state index is 13.1. The molecule has 5 atom stereocenters. The van der Waals surface area contributed by atoms with Crippen molar-refractivity contribution in [2.75, 3.05) is 39.6 Å². The van der Waals surface area contributed by atoms with Crippen LogP contribution in [0.15, 0.2) is 0 Å². The fourth-order valence-electron chi connectivity index (χ4n) is 12.5. The Morgan fingerprint density at radius 2 is 0.460 bits per heavy atom. The van der Waals surface area contributed by atoms with Crippen LogP contribution in [0, 0.1) is 11.8 Å². The number of phosphoric ester groups is 2. The van der Waals surface area contributed by atoms with Gasteiger partial charge in [-0.3, -0.25) is 37.3 Å². The highest BCUT2D eigenvalue weighted by atomic mass is 31.2. The summed E-state index contributed by atoms with van der Waals surface area (Å²) in [5.41, 5.74) is 0. The maximum Gasteiger partial charge on any atom is 0.472 e. The maximum absolute atomic E-state index is 13.1. The molecule has 19 heteroatoms. The van der Waals surface area contributed by atoms with E-state index in [4.69, 9.17) is 37.0 Å². The van der Waals surface area contributed by atoms with Gasteiger partial charge in [0.2, 0.25) is 0 Å². The lowest BCUT2D eigenvalue weighted by Gasteiger charge is -2.21. The van der Waals surface area contributed by atoms with E-state index in [1.54, 1.807) is 0 Å². The van der Waals surface area contributed by atoms with Crippen LogP contribution in [0.1, 0.15) is 427 Å². The number of carbonyl (C=O) groups excluding carboxylic acids is 4. The third kappa shape index (κ3) is 74.3. The number of phosphoric acid groups is 2. The molecule has 0 bridgehead atoms. The minimum atomic E-state index is -4.96. The molecule has 594 valence electrons. The minimum Gasteiger partial charge on any atom is -0.462 e. The third-order valence-corrected chi connectivity index (χ3v) is 20.9. The van der Waals surface area contributed by atoms with Crippen molar-refractivity contribution in [2.24, 2.45) is 11.8 Å². The molecule has 0 fully saturated rings. The summed E-state index contributed by atoms with van der Waals surface area (Å²) >= 11 is 0. The molecule has 0 aliphatic carbocycles. The number of carbonyl (C=O) groups is 4. The summed E-state index contributed by atoms with van der Waals surface area (Å²) in [6.45, 7) is 9.65. The molecular formula is C81H158O17P2. The molecule has 0 aromatic carbocycles. The van der Waals surface area contributed by atoms with Gasteiger partial charge in [-0.1, -0.05) is 375 Å². The number of hydrogen-bond donors (Lipinski definition) is 3. The molecule has 0 amide bonds. The largest absolute Gasteiger partial charge is 0.472 e. The topological polar surface area (TPSA) is 237 Å². The molecule has 0 aliphatic heterocycles. The van der Waals surface area contributed by atoms with E-state index in [9.17, 15) is 43.2 Å². The standard InChI is InChI=1S/C81H158O17P2/c1-7-9-11-13-15-17-19-21-23-24-26-30-35-41-48-54-60-66-81(86)97-76(69-91-78(83)63-57-51-45-39-33-31-27-28-32-37-43-49-55-61-73(3)4)71-95-99(87,88)93-67-75(82)68-94-100(89,90)96-72-77(70-92-79(84)64-58-52-46-42-36-38-44-50-56-62-74(5)6)98-80(85)65-59-53-47-40-34-29-25-22-20-18-16-14-12-10-8-2/h73-77,82H,7-72H2,1-6H3,(H,87,88)(H,89,90)/t75-,76-,77-/m1/s1. The second-order valence-electron chi connectivity index (χ2n) is 30.1. The Kier molecular flexibility index (Phi) is 71.2. The van der Waals surface area contributed by atoms with E-state index in [0.29, 0.717) is 25.7 Å². The molecule has 0 heterocycles. The lowest BCUT2D eigenvalue weighted by molar-refractivity contribution is -0.161. The first-order chi connectivity index (χ1) is 48.4. The molecule has 0 aromatic rings. The Balaban J connectivity index is 5.27.